The van der Waals surface area contributed by atoms with E-state index < -0.39 is 0 Å². The molecule has 0 atom stereocenters. The third-order valence-electron chi connectivity index (χ3n) is 2.51. The molecule has 2 aromatic rings. The van der Waals surface area contributed by atoms with Crippen molar-refractivity contribution in [3.05, 3.63) is 54.3 Å². The molecule has 100 valence electrons. The zero-order valence-corrected chi connectivity index (χ0v) is 15.1. The van der Waals surface area contributed by atoms with Crippen LogP contribution in [0.25, 0.3) is 0 Å². The van der Waals surface area contributed by atoms with E-state index in [0.29, 0.717) is 20.5 Å². The number of rotatable bonds is 3. The van der Waals surface area contributed by atoms with Crippen LogP contribution < -0.4 is 5.32 Å². The van der Waals surface area contributed by atoms with Gasteiger partial charge in [-0.3, -0.25) is 0 Å². The van der Waals surface area contributed by atoms with Gasteiger partial charge in [-0.2, -0.15) is 0 Å². The van der Waals surface area contributed by atoms with Gasteiger partial charge in [-0.25, -0.2) is 0 Å². The Bertz CT molecular complexity index is 596. The molecule has 0 fully saturated rings. The normalized spacial score (nSPS) is 10.5. The van der Waals surface area contributed by atoms with Crippen LogP contribution in [-0.4, -0.2) is 5.11 Å². The van der Waals surface area contributed by atoms with Crippen molar-refractivity contribution in [1.29, 1.82) is 0 Å². The molecule has 0 aliphatic heterocycles. The van der Waals surface area contributed by atoms with Crippen molar-refractivity contribution in [1.82, 2.24) is 0 Å². The molecular weight excluding hydrogens is 461 g/mol. The number of nitrogens with one attached hydrogen (secondary N) is 1. The SMILES string of the molecule is Oc1c(Br)cc(CNc2cccc(Cl)c2Br)cc1Br. The van der Waals surface area contributed by atoms with E-state index in [2.05, 4.69) is 53.1 Å². The second kappa shape index (κ2) is 6.48. The van der Waals surface area contributed by atoms with Gasteiger partial charge in [0.1, 0.15) is 5.75 Å². The zero-order chi connectivity index (χ0) is 14.0. The highest BCUT2D eigenvalue weighted by Crippen LogP contribution is 2.34. The summed E-state index contributed by atoms with van der Waals surface area (Å²) in [6, 6.07) is 9.39. The van der Waals surface area contributed by atoms with Crippen LogP contribution in [0.1, 0.15) is 5.56 Å². The first kappa shape index (κ1) is 15.2. The summed E-state index contributed by atoms with van der Waals surface area (Å²) in [6.45, 7) is 0.621. The summed E-state index contributed by atoms with van der Waals surface area (Å²) < 4.78 is 2.15. The first-order valence-corrected chi connectivity index (χ1v) is 8.09. The molecule has 0 saturated heterocycles. The molecule has 2 nitrogen and oxygen atoms in total. The van der Waals surface area contributed by atoms with Crippen molar-refractivity contribution in [3.63, 3.8) is 0 Å². The molecule has 2 aromatic carbocycles. The first-order valence-electron chi connectivity index (χ1n) is 5.34. The Morgan fingerprint density at radius 1 is 1.11 bits per heavy atom. The Morgan fingerprint density at radius 3 is 2.37 bits per heavy atom. The maximum atomic E-state index is 9.66. The molecule has 0 bridgehead atoms. The Kier molecular flexibility index (Phi) is 5.17. The van der Waals surface area contributed by atoms with Crippen molar-refractivity contribution in [3.8, 4) is 5.75 Å². The van der Waals surface area contributed by atoms with Gasteiger partial charge in [0, 0.05) is 6.54 Å². The third kappa shape index (κ3) is 3.66. The van der Waals surface area contributed by atoms with E-state index in [4.69, 9.17) is 11.6 Å². The summed E-state index contributed by atoms with van der Waals surface area (Å²) in [5.41, 5.74) is 1.95. The fourth-order valence-corrected chi connectivity index (χ4v) is 3.42. The van der Waals surface area contributed by atoms with E-state index in [0.717, 1.165) is 15.7 Å². The second-order valence-electron chi connectivity index (χ2n) is 3.86. The van der Waals surface area contributed by atoms with Gasteiger partial charge in [-0.15, -0.1) is 0 Å². The van der Waals surface area contributed by atoms with E-state index in [-0.39, 0.29) is 5.75 Å². The molecule has 0 saturated carbocycles. The minimum Gasteiger partial charge on any atom is -0.506 e. The topological polar surface area (TPSA) is 32.3 Å². The predicted octanol–water partition coefficient (Wildman–Crippen LogP) is 5.95. The van der Waals surface area contributed by atoms with Gasteiger partial charge in [0.05, 0.1) is 24.1 Å². The van der Waals surface area contributed by atoms with E-state index in [1.807, 2.05) is 30.3 Å². The lowest BCUT2D eigenvalue weighted by molar-refractivity contribution is 0.468. The summed E-state index contributed by atoms with van der Waals surface area (Å²) in [4.78, 5) is 0. The molecule has 2 N–H and O–H groups in total. The molecule has 0 radical (unpaired) electrons. The summed E-state index contributed by atoms with van der Waals surface area (Å²) in [6.07, 6.45) is 0. The van der Waals surface area contributed by atoms with E-state index in [1.54, 1.807) is 0 Å². The monoisotopic (exact) mass is 467 g/mol. The largest absolute Gasteiger partial charge is 0.506 e. The Labute approximate surface area is 141 Å². The third-order valence-corrected chi connectivity index (χ3v) is 5.12. The lowest BCUT2D eigenvalue weighted by atomic mass is 10.2. The van der Waals surface area contributed by atoms with Crippen LogP contribution in [0.2, 0.25) is 5.02 Å². The van der Waals surface area contributed by atoms with Gasteiger partial charge in [0.2, 0.25) is 0 Å². The van der Waals surface area contributed by atoms with Crippen molar-refractivity contribution in [2.24, 2.45) is 0 Å². The Morgan fingerprint density at radius 2 is 1.74 bits per heavy atom. The number of hydrogen-bond donors (Lipinski definition) is 2. The van der Waals surface area contributed by atoms with Crippen LogP contribution in [0.5, 0.6) is 5.75 Å². The molecular formula is C13H9Br3ClNO. The highest BCUT2D eigenvalue weighted by Gasteiger charge is 2.07. The van der Waals surface area contributed by atoms with E-state index >= 15 is 0 Å². The Balaban J connectivity index is 2.17. The number of anilines is 1. The number of phenolic OH excluding ortho intramolecular Hbond substituents is 1. The quantitative estimate of drug-likeness (QED) is 0.582. The maximum absolute atomic E-state index is 9.66. The minimum atomic E-state index is 0.202. The summed E-state index contributed by atoms with van der Waals surface area (Å²) in [5, 5.41) is 13.6. The summed E-state index contributed by atoms with van der Waals surface area (Å²) in [7, 11) is 0. The van der Waals surface area contributed by atoms with Gasteiger partial charge in [0.25, 0.3) is 0 Å². The van der Waals surface area contributed by atoms with Crippen LogP contribution in [0.4, 0.5) is 5.69 Å². The molecule has 0 aromatic heterocycles. The zero-order valence-electron chi connectivity index (χ0n) is 9.55. The molecule has 19 heavy (non-hydrogen) atoms. The van der Waals surface area contributed by atoms with Crippen LogP contribution in [-0.2, 0) is 6.54 Å². The fraction of sp³-hybridized carbons (Fsp3) is 0.0769. The van der Waals surface area contributed by atoms with Crippen molar-refractivity contribution in [2.75, 3.05) is 5.32 Å². The second-order valence-corrected chi connectivity index (χ2v) is 6.77. The maximum Gasteiger partial charge on any atom is 0.143 e. The molecule has 0 unspecified atom stereocenters. The average molecular weight is 470 g/mol. The van der Waals surface area contributed by atoms with Crippen molar-refractivity contribution >= 4 is 65.1 Å². The molecule has 0 amide bonds. The van der Waals surface area contributed by atoms with Gasteiger partial charge >= 0.3 is 0 Å². The van der Waals surface area contributed by atoms with Crippen LogP contribution >= 0.6 is 59.4 Å². The number of benzene rings is 2. The average Bonchev–Trinajstić information content (AvgIpc) is 2.37. The lowest BCUT2D eigenvalue weighted by Crippen LogP contribution is -2.00. The van der Waals surface area contributed by atoms with Gasteiger partial charge in [0.15, 0.2) is 0 Å². The molecule has 0 spiro atoms. The molecule has 2 rings (SSSR count). The molecule has 6 heteroatoms. The molecule has 0 aliphatic rings. The van der Waals surface area contributed by atoms with Crippen LogP contribution in [0, 0.1) is 0 Å². The first-order chi connectivity index (χ1) is 8.99. The van der Waals surface area contributed by atoms with Crippen molar-refractivity contribution < 1.29 is 5.11 Å². The lowest BCUT2D eigenvalue weighted by Gasteiger charge is -2.11. The standard InChI is InChI=1S/C13H9Br3ClNO/c14-8-4-7(5-9(15)13(8)19)6-18-11-3-1-2-10(17)12(11)16/h1-5,18-19H,6H2. The number of hydrogen-bond acceptors (Lipinski definition) is 2. The van der Waals surface area contributed by atoms with Gasteiger partial charge in [-0.1, -0.05) is 17.7 Å². The van der Waals surface area contributed by atoms with Gasteiger partial charge < -0.3 is 10.4 Å². The predicted molar refractivity (Wildman–Crippen MR) is 90.0 cm³/mol. The number of halogens is 4. The molecule has 0 aliphatic carbocycles. The summed E-state index contributed by atoms with van der Waals surface area (Å²) >= 11 is 16.1. The van der Waals surface area contributed by atoms with Crippen LogP contribution in [0.3, 0.4) is 0 Å². The molecule has 0 heterocycles. The van der Waals surface area contributed by atoms with Crippen LogP contribution in [0.15, 0.2) is 43.7 Å². The Hall–Kier alpha value is -0.230. The fourth-order valence-electron chi connectivity index (χ4n) is 1.56. The van der Waals surface area contributed by atoms with E-state index in [9.17, 15) is 5.11 Å². The number of phenols is 1. The summed E-state index contributed by atoms with van der Waals surface area (Å²) in [5.74, 6) is 0.202. The van der Waals surface area contributed by atoms with Gasteiger partial charge in [-0.05, 0) is 77.6 Å². The van der Waals surface area contributed by atoms with Crippen molar-refractivity contribution in [2.45, 2.75) is 6.54 Å². The number of aromatic hydroxyl groups is 1. The smallest absolute Gasteiger partial charge is 0.143 e. The minimum absolute atomic E-state index is 0.202. The highest BCUT2D eigenvalue weighted by atomic mass is 79.9. The van der Waals surface area contributed by atoms with E-state index in [1.165, 1.54) is 0 Å². The highest BCUT2D eigenvalue weighted by molar-refractivity contribution is 9.11.